The highest BCUT2D eigenvalue weighted by atomic mass is 28.4. The van der Waals surface area contributed by atoms with Crippen molar-refractivity contribution in [1.82, 2.24) is 9.80 Å². The smallest absolute Gasteiger partial charge is 0.255 e. The third-order valence-electron chi connectivity index (χ3n) is 8.20. The van der Waals surface area contributed by atoms with E-state index >= 15 is 0 Å². The maximum Gasteiger partial charge on any atom is 0.255 e. The molecule has 0 saturated heterocycles. The van der Waals surface area contributed by atoms with Gasteiger partial charge in [0.1, 0.15) is 0 Å². The van der Waals surface area contributed by atoms with Gasteiger partial charge < -0.3 is 9.33 Å². The van der Waals surface area contributed by atoms with Crippen LogP contribution in [0.3, 0.4) is 0 Å². The van der Waals surface area contributed by atoms with Crippen molar-refractivity contribution in [2.24, 2.45) is 0 Å². The van der Waals surface area contributed by atoms with E-state index in [-0.39, 0.29) is 29.3 Å². The van der Waals surface area contributed by atoms with E-state index < -0.39 is 8.32 Å². The number of carbonyl (C=O) groups excluding carboxylic acids is 2. The van der Waals surface area contributed by atoms with Gasteiger partial charge in [0.15, 0.2) is 14.1 Å². The second-order valence-electron chi connectivity index (χ2n) is 12.1. The molecule has 1 atom stereocenters. The van der Waals surface area contributed by atoms with Crippen molar-refractivity contribution in [1.29, 1.82) is 0 Å². The molecule has 6 heteroatoms. The summed E-state index contributed by atoms with van der Waals surface area (Å²) in [6.45, 7) is 14.0. The van der Waals surface area contributed by atoms with Crippen molar-refractivity contribution in [3.63, 3.8) is 0 Å². The van der Waals surface area contributed by atoms with E-state index in [2.05, 4.69) is 87.3 Å². The van der Waals surface area contributed by atoms with Crippen LogP contribution in [0.4, 0.5) is 0 Å². The van der Waals surface area contributed by atoms with Crippen LogP contribution in [0.1, 0.15) is 59.0 Å². The minimum absolute atomic E-state index is 0.000794. The zero-order valence-electron chi connectivity index (χ0n) is 24.0. The van der Waals surface area contributed by atoms with Crippen LogP contribution in [0.2, 0.25) is 18.1 Å². The van der Waals surface area contributed by atoms with Gasteiger partial charge in [0.25, 0.3) is 5.91 Å². The molecular formula is C33H42N2O3Si. The molecule has 4 rings (SSSR count). The van der Waals surface area contributed by atoms with Crippen molar-refractivity contribution in [2.45, 2.75) is 64.5 Å². The van der Waals surface area contributed by atoms with Crippen LogP contribution in [0, 0.1) is 0 Å². The van der Waals surface area contributed by atoms with E-state index in [1.807, 2.05) is 24.3 Å². The summed E-state index contributed by atoms with van der Waals surface area (Å²) >= 11 is 0. The Morgan fingerprint density at radius 1 is 0.821 bits per heavy atom. The van der Waals surface area contributed by atoms with Gasteiger partial charge in [-0.15, -0.1) is 0 Å². The third kappa shape index (κ3) is 7.32. The van der Waals surface area contributed by atoms with Gasteiger partial charge >= 0.3 is 0 Å². The Kier molecular flexibility index (Phi) is 9.21. The number of nitrogens with zero attached hydrogens (tertiary/aromatic N) is 2. The molecule has 3 aromatic carbocycles. The van der Waals surface area contributed by atoms with E-state index in [9.17, 15) is 9.59 Å². The fourth-order valence-corrected chi connectivity index (χ4v) is 5.88. The molecule has 0 aliphatic carbocycles. The lowest BCUT2D eigenvalue weighted by atomic mass is 9.97. The molecule has 0 N–H and O–H groups in total. The Bertz CT molecular complexity index is 1210. The predicted octanol–water partition coefficient (Wildman–Crippen LogP) is 6.81. The number of hydrogen-bond acceptors (Lipinski definition) is 4. The van der Waals surface area contributed by atoms with Crippen molar-refractivity contribution in [3.8, 4) is 0 Å². The molecular weight excluding hydrogens is 500 g/mol. The number of hydrogen-bond donors (Lipinski definition) is 0. The topological polar surface area (TPSA) is 49.9 Å². The zero-order valence-corrected chi connectivity index (χ0v) is 25.0. The van der Waals surface area contributed by atoms with Crippen LogP contribution in [0.25, 0.3) is 0 Å². The summed E-state index contributed by atoms with van der Waals surface area (Å²) in [7, 11) is -1.93. The fraction of sp³-hybridized carbons (Fsp3) is 0.394. The van der Waals surface area contributed by atoms with Crippen LogP contribution < -0.4 is 0 Å². The summed E-state index contributed by atoms with van der Waals surface area (Å²) in [5, 5.41) is 0.120. The van der Waals surface area contributed by atoms with Crippen LogP contribution in [0.5, 0.6) is 0 Å². The Balaban J connectivity index is 1.62. The maximum absolute atomic E-state index is 13.5. The average molecular weight is 543 g/mol. The van der Waals surface area contributed by atoms with E-state index in [1.54, 1.807) is 17.0 Å². The van der Waals surface area contributed by atoms with Crippen LogP contribution in [-0.4, -0.2) is 55.5 Å². The molecule has 39 heavy (non-hydrogen) atoms. The molecule has 1 heterocycles. The molecule has 0 saturated carbocycles. The highest BCUT2D eigenvalue weighted by Crippen LogP contribution is 2.36. The molecule has 0 spiro atoms. The van der Waals surface area contributed by atoms with Crippen molar-refractivity contribution >= 4 is 20.0 Å². The molecule has 1 aliphatic rings. The monoisotopic (exact) mass is 542 g/mol. The summed E-state index contributed by atoms with van der Waals surface area (Å²) in [6.07, 6.45) is 0.770. The van der Waals surface area contributed by atoms with E-state index in [1.165, 1.54) is 11.1 Å². The molecule has 1 aliphatic heterocycles. The van der Waals surface area contributed by atoms with Gasteiger partial charge in [0, 0.05) is 37.8 Å². The van der Waals surface area contributed by atoms with Crippen LogP contribution >= 0.6 is 0 Å². The quantitative estimate of drug-likeness (QED) is 0.250. The Hall–Kier alpha value is -3.06. The molecule has 206 valence electrons. The van der Waals surface area contributed by atoms with Crippen molar-refractivity contribution < 1.29 is 14.0 Å². The maximum atomic E-state index is 13.5. The van der Waals surface area contributed by atoms with Crippen LogP contribution in [-0.2, 0) is 17.5 Å². The second-order valence-corrected chi connectivity index (χ2v) is 16.9. The molecule has 5 nitrogen and oxygen atoms in total. The highest BCUT2D eigenvalue weighted by Gasteiger charge is 2.38. The van der Waals surface area contributed by atoms with Gasteiger partial charge in [0.05, 0.1) is 12.1 Å². The van der Waals surface area contributed by atoms with Crippen molar-refractivity contribution in [2.75, 3.05) is 19.7 Å². The Morgan fingerprint density at radius 3 is 1.87 bits per heavy atom. The number of amides is 1. The lowest BCUT2D eigenvalue weighted by molar-refractivity contribution is 0.0568. The fourth-order valence-electron chi connectivity index (χ4n) is 4.82. The second kappa shape index (κ2) is 12.4. The van der Waals surface area contributed by atoms with Gasteiger partial charge in [-0.2, -0.15) is 0 Å². The third-order valence-corrected chi connectivity index (χ3v) is 12.7. The number of carbonyl (C=O) groups is 2. The van der Waals surface area contributed by atoms with Crippen molar-refractivity contribution in [3.05, 3.63) is 107 Å². The Morgan fingerprint density at radius 2 is 1.33 bits per heavy atom. The lowest BCUT2D eigenvalue weighted by Gasteiger charge is -2.39. The molecule has 0 aromatic heterocycles. The first kappa shape index (κ1) is 28.9. The highest BCUT2D eigenvalue weighted by molar-refractivity contribution is 6.74. The van der Waals surface area contributed by atoms with E-state index in [0.717, 1.165) is 19.5 Å². The number of benzene rings is 3. The number of Topliss-reactive ketones (excluding diaryl/α,β-unsaturated/α-hetero) is 1. The standard InChI is InChI=1S/C33H42N2O3Si/c1-33(2,3)39(4,5)38-21-20-28(24-35-25-31(36)29-18-12-13-19-30(29)32(35)37)34(22-26-14-8-6-9-15-26)23-27-16-10-7-11-17-27/h6-19,28H,20-25H2,1-5H3/t28-/m1/s1. The normalized spacial score (nSPS) is 15.0. The summed E-state index contributed by atoms with van der Waals surface area (Å²) in [5.74, 6) is -0.0703. The van der Waals surface area contributed by atoms with Crippen LogP contribution in [0.15, 0.2) is 84.9 Å². The predicted molar refractivity (Wildman–Crippen MR) is 160 cm³/mol. The lowest BCUT2D eigenvalue weighted by Crippen LogP contribution is -2.50. The van der Waals surface area contributed by atoms with Gasteiger partial charge in [-0.25, -0.2) is 0 Å². The van der Waals surface area contributed by atoms with Gasteiger partial charge in [-0.1, -0.05) is 99.6 Å². The van der Waals surface area contributed by atoms with Gasteiger partial charge in [-0.3, -0.25) is 14.5 Å². The Labute approximate surface area is 234 Å². The average Bonchev–Trinajstić information content (AvgIpc) is 2.91. The number of ketones is 1. The summed E-state index contributed by atoms with van der Waals surface area (Å²) in [5.41, 5.74) is 3.47. The molecule has 3 aromatic rings. The largest absolute Gasteiger partial charge is 0.417 e. The van der Waals surface area contributed by atoms with Gasteiger partial charge in [0.2, 0.25) is 0 Å². The molecule has 0 fully saturated rings. The number of fused-ring (bicyclic) bond motifs is 1. The molecule has 1 amide bonds. The van der Waals surface area contributed by atoms with Gasteiger partial charge in [-0.05, 0) is 41.7 Å². The zero-order chi connectivity index (χ0) is 28.0. The first-order valence-electron chi connectivity index (χ1n) is 13.9. The molecule has 0 bridgehead atoms. The minimum Gasteiger partial charge on any atom is -0.417 e. The minimum atomic E-state index is -1.93. The number of rotatable bonds is 11. The summed E-state index contributed by atoms with van der Waals surface area (Å²) in [4.78, 5) is 30.7. The SMILES string of the molecule is CC(C)(C)[Si](C)(C)OCC[C@H](CN1CC(=O)c2ccccc2C1=O)N(Cc1ccccc1)Cc1ccccc1. The molecule has 0 unspecified atom stereocenters. The first-order chi connectivity index (χ1) is 18.5. The summed E-state index contributed by atoms with van der Waals surface area (Å²) in [6, 6.07) is 28.1. The molecule has 0 radical (unpaired) electrons. The summed E-state index contributed by atoms with van der Waals surface area (Å²) < 4.78 is 6.61. The van der Waals surface area contributed by atoms with E-state index in [0.29, 0.717) is 24.3 Å². The van der Waals surface area contributed by atoms with E-state index in [4.69, 9.17) is 4.43 Å². The first-order valence-corrected chi connectivity index (χ1v) is 16.8.